The molecule has 0 amide bonds. The lowest BCUT2D eigenvalue weighted by molar-refractivity contribution is 0.0443. The Morgan fingerprint density at radius 1 is 0.800 bits per heavy atom. The molecule has 0 radical (unpaired) electrons. The molecule has 3 aromatic rings. The van der Waals surface area contributed by atoms with Gasteiger partial charge in [-0.25, -0.2) is 9.59 Å². The van der Waals surface area contributed by atoms with Crippen molar-refractivity contribution in [2.45, 2.75) is 4.90 Å². The first-order valence-electron chi connectivity index (χ1n) is 7.29. The summed E-state index contributed by atoms with van der Waals surface area (Å²) in [6.45, 7) is 0. The summed E-state index contributed by atoms with van der Waals surface area (Å²) in [5, 5.41) is 0.940. The third-order valence-corrected chi connectivity index (χ3v) is 5.10. The third kappa shape index (κ3) is 2.45. The quantitative estimate of drug-likeness (QED) is 0.408. The fraction of sp³-hybridized carbons (Fsp3) is 0. The molecule has 0 saturated carbocycles. The lowest BCUT2D eigenvalue weighted by atomic mass is 10.0. The van der Waals surface area contributed by atoms with Crippen molar-refractivity contribution in [3.8, 4) is 5.75 Å². The molecule has 1 heterocycles. The summed E-state index contributed by atoms with van der Waals surface area (Å²) in [6, 6.07) is 15.9. The highest BCUT2D eigenvalue weighted by molar-refractivity contribution is 7.87. The number of benzene rings is 3. The number of hydrogen-bond donors (Lipinski definition) is 0. The molecular formula is C18H10O6S. The lowest BCUT2D eigenvalue weighted by Crippen LogP contribution is -2.14. The largest absolute Gasteiger partial charge is 0.386 e. The molecule has 25 heavy (non-hydrogen) atoms. The molecule has 0 atom stereocenters. The van der Waals surface area contributed by atoms with Gasteiger partial charge < -0.3 is 8.92 Å². The van der Waals surface area contributed by atoms with E-state index in [4.69, 9.17) is 4.18 Å². The van der Waals surface area contributed by atoms with Crippen LogP contribution < -0.4 is 4.18 Å². The predicted molar refractivity (Wildman–Crippen MR) is 87.9 cm³/mol. The number of para-hydroxylation sites is 1. The molecule has 4 rings (SSSR count). The van der Waals surface area contributed by atoms with Crippen LogP contribution in [0.5, 0.6) is 5.75 Å². The molecule has 3 aromatic carbocycles. The molecule has 0 bridgehead atoms. The summed E-state index contributed by atoms with van der Waals surface area (Å²) in [7, 11) is -4.34. The number of carbonyl (C=O) groups is 2. The van der Waals surface area contributed by atoms with Crippen LogP contribution in [0.1, 0.15) is 20.7 Å². The average Bonchev–Trinajstić information content (AvgIpc) is 2.89. The number of cyclic esters (lactones) is 2. The first kappa shape index (κ1) is 15.3. The summed E-state index contributed by atoms with van der Waals surface area (Å²) in [5.74, 6) is -1.77. The van der Waals surface area contributed by atoms with Crippen LogP contribution in [-0.4, -0.2) is 20.4 Å². The van der Waals surface area contributed by atoms with E-state index in [1.165, 1.54) is 18.2 Å². The molecule has 7 heteroatoms. The van der Waals surface area contributed by atoms with Gasteiger partial charge in [-0.15, -0.1) is 0 Å². The molecule has 0 saturated heterocycles. The highest BCUT2D eigenvalue weighted by Crippen LogP contribution is 2.35. The van der Waals surface area contributed by atoms with Gasteiger partial charge in [0.1, 0.15) is 10.6 Å². The Morgan fingerprint density at radius 3 is 2.20 bits per heavy atom. The van der Waals surface area contributed by atoms with Crippen molar-refractivity contribution >= 4 is 32.8 Å². The second-order valence-corrected chi connectivity index (χ2v) is 6.89. The second kappa shape index (κ2) is 5.42. The molecule has 0 unspecified atom stereocenters. The maximum Gasteiger partial charge on any atom is 0.348 e. The van der Waals surface area contributed by atoms with Crippen molar-refractivity contribution in [1.29, 1.82) is 0 Å². The fourth-order valence-electron chi connectivity index (χ4n) is 2.77. The van der Waals surface area contributed by atoms with E-state index in [1.807, 2.05) is 0 Å². The molecule has 0 aromatic heterocycles. The normalized spacial score (nSPS) is 13.6. The highest BCUT2D eigenvalue weighted by Gasteiger charge is 2.39. The minimum atomic E-state index is -4.34. The van der Waals surface area contributed by atoms with Gasteiger partial charge in [0.15, 0.2) is 0 Å². The van der Waals surface area contributed by atoms with Crippen molar-refractivity contribution in [3.05, 3.63) is 71.8 Å². The van der Waals surface area contributed by atoms with E-state index in [-0.39, 0.29) is 21.8 Å². The zero-order valence-corrected chi connectivity index (χ0v) is 13.4. The van der Waals surface area contributed by atoms with Crippen molar-refractivity contribution in [3.63, 3.8) is 0 Å². The van der Waals surface area contributed by atoms with Crippen molar-refractivity contribution in [2.24, 2.45) is 0 Å². The summed E-state index contributed by atoms with van der Waals surface area (Å²) < 4.78 is 35.2. The number of ether oxygens (including phenoxy) is 1. The topological polar surface area (TPSA) is 86.7 Å². The molecule has 0 aliphatic carbocycles. The van der Waals surface area contributed by atoms with Crippen LogP contribution in [0.4, 0.5) is 0 Å². The lowest BCUT2D eigenvalue weighted by Gasteiger charge is -2.10. The van der Waals surface area contributed by atoms with E-state index in [9.17, 15) is 18.0 Å². The monoisotopic (exact) mass is 354 g/mol. The maximum atomic E-state index is 12.7. The van der Waals surface area contributed by atoms with Gasteiger partial charge in [0.25, 0.3) is 0 Å². The SMILES string of the molecule is O=C1OC(=O)c2c1c(S(=O)(=O)Oc1ccccc1)cc1ccccc21. The molecular weight excluding hydrogens is 344 g/mol. The number of fused-ring (bicyclic) bond motifs is 3. The van der Waals surface area contributed by atoms with Gasteiger partial charge in [-0.3, -0.25) is 0 Å². The zero-order valence-electron chi connectivity index (χ0n) is 12.6. The second-order valence-electron chi connectivity index (χ2n) is 5.37. The van der Waals surface area contributed by atoms with Crippen LogP contribution in [0.2, 0.25) is 0 Å². The Hall–Kier alpha value is -3.19. The smallest absolute Gasteiger partial charge is 0.348 e. The standard InChI is InChI=1S/C18H10O6S/c19-17-15-13-9-5-4-6-11(13)10-14(16(15)18(20)23-17)25(21,22)24-12-7-2-1-3-8-12/h1-10H. The number of rotatable bonds is 3. The minimum Gasteiger partial charge on any atom is -0.386 e. The Morgan fingerprint density at radius 2 is 1.44 bits per heavy atom. The van der Waals surface area contributed by atoms with Gasteiger partial charge in [-0.1, -0.05) is 42.5 Å². The van der Waals surface area contributed by atoms with Gasteiger partial charge in [-0.05, 0) is 29.0 Å². The zero-order chi connectivity index (χ0) is 17.6. The molecule has 1 aliphatic rings. The average molecular weight is 354 g/mol. The van der Waals surface area contributed by atoms with E-state index >= 15 is 0 Å². The van der Waals surface area contributed by atoms with Gasteiger partial charge in [0.2, 0.25) is 0 Å². The molecule has 0 fully saturated rings. The van der Waals surface area contributed by atoms with Crippen LogP contribution in [0.15, 0.2) is 65.6 Å². The molecule has 124 valence electrons. The first-order chi connectivity index (χ1) is 12.0. The van der Waals surface area contributed by atoms with Crippen molar-refractivity contribution in [2.75, 3.05) is 0 Å². The van der Waals surface area contributed by atoms with Crippen molar-refractivity contribution in [1.82, 2.24) is 0 Å². The van der Waals surface area contributed by atoms with Crippen LogP contribution in [0.3, 0.4) is 0 Å². The number of carbonyl (C=O) groups excluding carboxylic acids is 2. The summed E-state index contributed by atoms with van der Waals surface area (Å²) in [6.07, 6.45) is 0. The maximum absolute atomic E-state index is 12.7. The van der Waals surface area contributed by atoms with E-state index in [0.29, 0.717) is 10.8 Å². The molecule has 1 aliphatic heterocycles. The van der Waals surface area contributed by atoms with E-state index in [2.05, 4.69) is 4.74 Å². The summed E-state index contributed by atoms with van der Waals surface area (Å²) in [4.78, 5) is 23.7. The fourth-order valence-corrected chi connectivity index (χ4v) is 3.93. The van der Waals surface area contributed by atoms with Gasteiger partial charge in [-0.2, -0.15) is 8.42 Å². The summed E-state index contributed by atoms with van der Waals surface area (Å²) in [5.41, 5.74) is -0.349. The third-order valence-electron chi connectivity index (χ3n) is 3.83. The van der Waals surface area contributed by atoms with E-state index < -0.39 is 22.1 Å². The summed E-state index contributed by atoms with van der Waals surface area (Å²) >= 11 is 0. The van der Waals surface area contributed by atoms with E-state index in [1.54, 1.807) is 42.5 Å². The van der Waals surface area contributed by atoms with Gasteiger partial charge >= 0.3 is 22.1 Å². The molecule has 6 nitrogen and oxygen atoms in total. The van der Waals surface area contributed by atoms with Gasteiger partial charge in [0, 0.05) is 0 Å². The van der Waals surface area contributed by atoms with Crippen molar-refractivity contribution < 1.29 is 26.9 Å². The first-order valence-corrected chi connectivity index (χ1v) is 8.70. The Labute approximate surface area is 142 Å². The highest BCUT2D eigenvalue weighted by atomic mass is 32.2. The van der Waals surface area contributed by atoms with Crippen LogP contribution in [-0.2, 0) is 14.9 Å². The van der Waals surface area contributed by atoms with Crippen LogP contribution in [0.25, 0.3) is 10.8 Å². The molecule has 0 spiro atoms. The number of esters is 2. The minimum absolute atomic E-state index is 0.0571. The predicted octanol–water partition coefficient (Wildman–Crippen LogP) is 2.92. The van der Waals surface area contributed by atoms with Gasteiger partial charge in [0.05, 0.1) is 11.1 Å². The Bertz CT molecular complexity index is 1130. The Kier molecular flexibility index (Phi) is 3.33. The molecule has 0 N–H and O–H groups in total. The number of hydrogen-bond acceptors (Lipinski definition) is 6. The van der Waals surface area contributed by atoms with Crippen LogP contribution in [0, 0.1) is 0 Å². The Balaban J connectivity index is 1.98. The van der Waals surface area contributed by atoms with Crippen LogP contribution >= 0.6 is 0 Å². The van der Waals surface area contributed by atoms with E-state index in [0.717, 1.165) is 0 Å².